The molecule has 4 aromatic carbocycles. The molecule has 0 aromatic heterocycles. The summed E-state index contributed by atoms with van der Waals surface area (Å²) in [6.07, 6.45) is -6.91. The molecule has 4 aromatic rings. The maximum absolute atomic E-state index is 13.5. The summed E-state index contributed by atoms with van der Waals surface area (Å²) < 4.78 is 12.0. The van der Waals surface area contributed by atoms with Gasteiger partial charge in [0.1, 0.15) is 57.7 Å². The van der Waals surface area contributed by atoms with E-state index >= 15 is 0 Å². The number of ketones is 1. The molecule has 44 heavy (non-hydrogen) atoms. The Bertz CT molecular complexity index is 1780. The van der Waals surface area contributed by atoms with Crippen molar-refractivity contribution < 1.29 is 70.4 Å². The molecule has 0 aliphatic carbocycles. The Kier molecular flexibility index (Phi) is 6.41. The fraction of sp³-hybridized carbons (Fsp3) is 0.167. The molecular formula is C30H24O14. The summed E-state index contributed by atoms with van der Waals surface area (Å²) >= 11 is 0. The molecular weight excluding hydrogens is 584 g/mol. The molecule has 0 amide bonds. The Labute approximate surface area is 246 Å². The molecule has 5 atom stereocenters. The predicted molar refractivity (Wildman–Crippen MR) is 146 cm³/mol. The van der Waals surface area contributed by atoms with Gasteiger partial charge in [0.15, 0.2) is 35.6 Å². The van der Waals surface area contributed by atoms with E-state index in [4.69, 9.17) is 9.47 Å². The van der Waals surface area contributed by atoms with Gasteiger partial charge in [0, 0.05) is 46.5 Å². The third kappa shape index (κ3) is 4.31. The Hall–Kier alpha value is -5.73. The predicted octanol–water partition coefficient (Wildman–Crippen LogP) is 2.34. The van der Waals surface area contributed by atoms with Gasteiger partial charge in [0.05, 0.1) is 5.92 Å². The van der Waals surface area contributed by atoms with Crippen LogP contribution in [0, 0.1) is 0 Å². The Morgan fingerprint density at radius 1 is 0.545 bits per heavy atom. The third-order valence-corrected chi connectivity index (χ3v) is 7.63. The Morgan fingerprint density at radius 2 is 1.09 bits per heavy atom. The van der Waals surface area contributed by atoms with Crippen LogP contribution in [0.1, 0.15) is 50.7 Å². The second-order valence-electron chi connectivity index (χ2n) is 10.5. The first-order valence-electron chi connectivity index (χ1n) is 12.9. The summed E-state index contributed by atoms with van der Waals surface area (Å²) in [7, 11) is 0. The smallest absolute Gasteiger partial charge is 0.202 e. The molecule has 14 nitrogen and oxygen atoms in total. The van der Waals surface area contributed by atoms with Crippen molar-refractivity contribution in [1.29, 1.82) is 0 Å². The SMILES string of the molecule is O=C1c2c(O)cc3c(c2OC(c2cc(O)c(O)c(O)c2)C1O)C(c1c(O)cc(O)cc1O)C(O)C(c1cc(O)cc(O)c1)O3. The quantitative estimate of drug-likeness (QED) is 0.149. The molecule has 0 spiro atoms. The van der Waals surface area contributed by atoms with Crippen LogP contribution in [0.3, 0.4) is 0 Å². The van der Waals surface area contributed by atoms with Crippen LogP contribution in [-0.2, 0) is 0 Å². The van der Waals surface area contributed by atoms with Crippen LogP contribution >= 0.6 is 0 Å². The molecule has 2 heterocycles. The second kappa shape index (κ2) is 9.93. The first kappa shape index (κ1) is 28.4. The average Bonchev–Trinajstić information content (AvgIpc) is 2.93. The summed E-state index contributed by atoms with van der Waals surface area (Å²) in [5, 5.41) is 115. The molecule has 2 aliphatic heterocycles. The highest BCUT2D eigenvalue weighted by atomic mass is 16.5. The summed E-state index contributed by atoms with van der Waals surface area (Å²) in [6, 6.07) is 7.92. The molecule has 0 saturated carbocycles. The van der Waals surface area contributed by atoms with Gasteiger partial charge in [0.2, 0.25) is 5.78 Å². The summed E-state index contributed by atoms with van der Waals surface area (Å²) in [5.74, 6) is -9.32. The second-order valence-corrected chi connectivity index (χ2v) is 10.5. The van der Waals surface area contributed by atoms with Gasteiger partial charge in [-0.3, -0.25) is 4.79 Å². The van der Waals surface area contributed by atoms with Gasteiger partial charge in [0.25, 0.3) is 0 Å². The van der Waals surface area contributed by atoms with Crippen LogP contribution in [0.15, 0.2) is 48.5 Å². The molecule has 0 radical (unpaired) electrons. The van der Waals surface area contributed by atoms with Gasteiger partial charge in [-0.15, -0.1) is 0 Å². The lowest BCUT2D eigenvalue weighted by atomic mass is 9.77. The van der Waals surface area contributed by atoms with Crippen molar-refractivity contribution in [1.82, 2.24) is 0 Å². The number of ether oxygens (including phenoxy) is 2. The highest BCUT2D eigenvalue weighted by Gasteiger charge is 2.49. The maximum Gasteiger partial charge on any atom is 0.202 e. The number of aliphatic hydroxyl groups is 2. The zero-order valence-electron chi connectivity index (χ0n) is 22.1. The van der Waals surface area contributed by atoms with E-state index in [-0.39, 0.29) is 28.0 Å². The molecule has 5 unspecified atom stereocenters. The minimum Gasteiger partial charge on any atom is -0.508 e. The number of aliphatic hydroxyl groups excluding tert-OH is 2. The van der Waals surface area contributed by atoms with Crippen molar-refractivity contribution in [2.45, 2.75) is 30.3 Å². The van der Waals surface area contributed by atoms with Crippen molar-refractivity contribution >= 4 is 5.78 Å². The fourth-order valence-electron chi connectivity index (χ4n) is 5.75. The van der Waals surface area contributed by atoms with Gasteiger partial charge in [-0.2, -0.15) is 0 Å². The lowest BCUT2D eigenvalue weighted by molar-refractivity contribution is -0.000187. The zero-order chi connectivity index (χ0) is 31.8. The number of carbonyl (C=O) groups is 1. The Balaban J connectivity index is 1.62. The van der Waals surface area contributed by atoms with Gasteiger partial charge in [-0.1, -0.05) is 0 Å². The number of aromatic hydroxyl groups is 9. The molecule has 0 bridgehead atoms. The number of Topliss-reactive ketones (excluding diaryl/α,β-unsaturated/α-hetero) is 1. The van der Waals surface area contributed by atoms with Crippen LogP contribution in [0.5, 0.6) is 63.2 Å². The zero-order valence-corrected chi connectivity index (χ0v) is 22.1. The monoisotopic (exact) mass is 608 g/mol. The fourth-order valence-corrected chi connectivity index (χ4v) is 5.75. The van der Waals surface area contributed by atoms with Crippen LogP contribution in [0.25, 0.3) is 0 Å². The maximum atomic E-state index is 13.5. The lowest BCUT2D eigenvalue weighted by Gasteiger charge is -2.41. The lowest BCUT2D eigenvalue weighted by Crippen LogP contribution is -2.39. The minimum atomic E-state index is -2.01. The van der Waals surface area contributed by atoms with E-state index in [0.29, 0.717) is 0 Å². The summed E-state index contributed by atoms with van der Waals surface area (Å²) in [4.78, 5) is 13.5. The van der Waals surface area contributed by atoms with Crippen molar-refractivity contribution in [3.63, 3.8) is 0 Å². The van der Waals surface area contributed by atoms with E-state index in [2.05, 4.69) is 0 Å². The molecule has 228 valence electrons. The van der Waals surface area contributed by atoms with Crippen molar-refractivity contribution in [3.05, 3.63) is 76.3 Å². The topological polar surface area (TPSA) is 258 Å². The van der Waals surface area contributed by atoms with E-state index in [0.717, 1.165) is 36.4 Å². The molecule has 11 N–H and O–H groups in total. The normalized spacial score (nSPS) is 22.4. The molecule has 0 fully saturated rings. The van der Waals surface area contributed by atoms with E-state index in [1.165, 1.54) is 12.1 Å². The first-order chi connectivity index (χ1) is 20.8. The number of hydrogen-bond acceptors (Lipinski definition) is 14. The van der Waals surface area contributed by atoms with Crippen molar-refractivity contribution in [2.75, 3.05) is 0 Å². The van der Waals surface area contributed by atoms with Crippen molar-refractivity contribution in [2.24, 2.45) is 0 Å². The molecule has 14 heteroatoms. The standard InChI is InChI=1S/C30H24O14/c31-11-1-9(2-12(32)5-11)28-26(41)23(20-14(34)6-13(33)7-15(20)35)22-19(43-28)8-16(36)21-25(40)27(42)29(44-30(21)22)10-3-17(37)24(39)18(38)4-10/h1-8,23,26-29,31-39,41-42H. The highest BCUT2D eigenvalue weighted by molar-refractivity contribution is 6.06. The molecule has 0 saturated heterocycles. The van der Waals surface area contributed by atoms with Crippen LogP contribution < -0.4 is 9.47 Å². The third-order valence-electron chi connectivity index (χ3n) is 7.63. The van der Waals surface area contributed by atoms with Gasteiger partial charge in [-0.05, 0) is 24.3 Å². The summed E-state index contributed by atoms with van der Waals surface area (Å²) in [5.41, 5.74) is -1.30. The average molecular weight is 609 g/mol. The molecule has 6 rings (SSSR count). The number of fused-ring (bicyclic) bond motifs is 3. The summed E-state index contributed by atoms with van der Waals surface area (Å²) in [6.45, 7) is 0. The van der Waals surface area contributed by atoms with E-state index < -0.39 is 99.2 Å². The Morgan fingerprint density at radius 3 is 1.68 bits per heavy atom. The minimum absolute atomic E-state index is 0.0287. The molecule has 2 aliphatic rings. The van der Waals surface area contributed by atoms with Crippen LogP contribution in [0.4, 0.5) is 0 Å². The highest BCUT2D eigenvalue weighted by Crippen LogP contribution is 2.58. The number of phenolic OH excluding ortho intramolecular Hbond substituents is 9. The van der Waals surface area contributed by atoms with E-state index in [1.54, 1.807) is 0 Å². The number of benzene rings is 4. The van der Waals surface area contributed by atoms with Crippen LogP contribution in [-0.4, -0.2) is 74.2 Å². The van der Waals surface area contributed by atoms with E-state index in [9.17, 15) is 61.0 Å². The number of rotatable bonds is 3. The largest absolute Gasteiger partial charge is 0.508 e. The first-order valence-corrected chi connectivity index (χ1v) is 12.9. The van der Waals surface area contributed by atoms with Crippen molar-refractivity contribution in [3.8, 4) is 63.2 Å². The number of carbonyl (C=O) groups excluding carboxylic acids is 1. The van der Waals surface area contributed by atoms with Gasteiger partial charge >= 0.3 is 0 Å². The number of phenols is 9. The number of hydrogen-bond donors (Lipinski definition) is 11. The van der Waals surface area contributed by atoms with Crippen LogP contribution in [0.2, 0.25) is 0 Å². The van der Waals surface area contributed by atoms with E-state index in [1.807, 2.05) is 0 Å². The van der Waals surface area contributed by atoms with Gasteiger partial charge < -0.3 is 65.6 Å². The van der Waals surface area contributed by atoms with Gasteiger partial charge in [-0.25, -0.2) is 0 Å².